The zero-order chi connectivity index (χ0) is 22.4. The molecule has 0 fully saturated rings. The molecule has 0 saturated carbocycles. The van der Waals surface area contributed by atoms with E-state index in [1.807, 2.05) is 0 Å². The van der Waals surface area contributed by atoms with Crippen molar-refractivity contribution in [2.45, 2.75) is 78.6 Å². The Kier molecular flexibility index (Phi) is 7.20. The van der Waals surface area contributed by atoms with E-state index in [0.29, 0.717) is 0 Å². The van der Waals surface area contributed by atoms with Crippen LogP contribution in [0.1, 0.15) is 0 Å². The number of benzene rings is 2. The maximum atomic E-state index is 2.55. The van der Waals surface area contributed by atoms with Gasteiger partial charge in [-0.2, -0.15) is 0 Å². The van der Waals surface area contributed by atoms with Crippen LogP contribution in [-0.4, -0.2) is 32.3 Å². The average Bonchev–Trinajstić information content (AvgIpc) is 2.51. The van der Waals surface area contributed by atoms with Crippen LogP contribution >= 0.6 is 8.58 Å². The Balaban J connectivity index is 2.61. The van der Waals surface area contributed by atoms with Crippen molar-refractivity contribution in [2.24, 2.45) is 0 Å². The van der Waals surface area contributed by atoms with Crippen molar-refractivity contribution in [2.75, 3.05) is 0 Å². The van der Waals surface area contributed by atoms with Crippen molar-refractivity contribution < 1.29 is 0 Å². The van der Waals surface area contributed by atoms with Crippen molar-refractivity contribution in [3.63, 3.8) is 0 Å². The summed E-state index contributed by atoms with van der Waals surface area (Å²) in [5.41, 5.74) is 0. The van der Waals surface area contributed by atoms with Crippen LogP contribution in [0.3, 0.4) is 0 Å². The predicted molar refractivity (Wildman–Crippen MR) is 152 cm³/mol. The fourth-order valence-electron chi connectivity index (χ4n) is 3.30. The maximum absolute atomic E-state index is 2.55. The molecule has 5 heteroatoms. The van der Waals surface area contributed by atoms with Gasteiger partial charge >= 0.3 is 0 Å². The summed E-state index contributed by atoms with van der Waals surface area (Å²) in [6, 6.07) is 15.3. The van der Waals surface area contributed by atoms with Crippen molar-refractivity contribution in [1.82, 2.24) is 0 Å². The van der Waals surface area contributed by atoms with Crippen LogP contribution in [0, 0.1) is 0 Å². The second kappa shape index (κ2) is 8.35. The van der Waals surface area contributed by atoms with Crippen LogP contribution in [-0.2, 0) is 0 Å². The smallest absolute Gasteiger partial charge is 0.0656 e. The molecule has 29 heavy (non-hydrogen) atoms. The van der Waals surface area contributed by atoms with Gasteiger partial charge in [0.15, 0.2) is 0 Å². The van der Waals surface area contributed by atoms with Gasteiger partial charge in [0.1, 0.15) is 0 Å². The van der Waals surface area contributed by atoms with Gasteiger partial charge < -0.3 is 0 Å². The van der Waals surface area contributed by atoms with E-state index >= 15 is 0 Å². The molecule has 0 saturated heterocycles. The van der Waals surface area contributed by atoms with E-state index in [0.717, 1.165) is 8.58 Å². The Morgan fingerprint density at radius 2 is 0.586 bits per heavy atom. The van der Waals surface area contributed by atoms with Crippen LogP contribution in [0.2, 0.25) is 78.6 Å². The van der Waals surface area contributed by atoms with Gasteiger partial charge in [0.25, 0.3) is 0 Å². The van der Waals surface area contributed by atoms with Crippen molar-refractivity contribution in [3.05, 3.63) is 36.4 Å². The third kappa shape index (κ3) is 6.86. The minimum Gasteiger partial charge on any atom is -0.0656 e. The van der Waals surface area contributed by atoms with Crippen LogP contribution in [0.25, 0.3) is 0 Å². The third-order valence-electron chi connectivity index (χ3n) is 5.62. The van der Waals surface area contributed by atoms with E-state index in [1.165, 1.54) is 0 Å². The fourth-order valence-corrected chi connectivity index (χ4v) is 10.1. The molecule has 0 amide bonds. The summed E-state index contributed by atoms with van der Waals surface area (Å²) in [4.78, 5) is 0. The summed E-state index contributed by atoms with van der Waals surface area (Å²) in [5, 5.41) is 9.63. The van der Waals surface area contributed by atoms with Crippen LogP contribution in [0.15, 0.2) is 36.4 Å². The van der Waals surface area contributed by atoms with Gasteiger partial charge in [-0.1, -0.05) is 144 Å². The molecule has 0 nitrogen and oxygen atoms in total. The fraction of sp³-hybridized carbons (Fsp3) is 0.500. The molecule has 0 aliphatic carbocycles. The molecule has 0 N–H and O–H groups in total. The number of hydrogen-bond acceptors (Lipinski definition) is 0. The van der Waals surface area contributed by atoms with Gasteiger partial charge in [-0.15, -0.1) is 0 Å². The summed E-state index contributed by atoms with van der Waals surface area (Å²) in [6.07, 6.45) is 0. The van der Waals surface area contributed by atoms with Crippen LogP contribution in [0.4, 0.5) is 0 Å². The van der Waals surface area contributed by atoms with Gasteiger partial charge in [0.05, 0.1) is 32.3 Å². The quantitative estimate of drug-likeness (QED) is 0.427. The summed E-state index contributed by atoms with van der Waals surface area (Å²) in [7, 11) is -4.57. The minimum absolute atomic E-state index is 0.767. The molecule has 2 aromatic rings. The Bertz CT molecular complexity index is 738. The predicted octanol–water partition coefficient (Wildman–Crippen LogP) is 4.50. The van der Waals surface area contributed by atoms with Gasteiger partial charge in [-0.05, 0) is 10.6 Å². The SMILES string of the molecule is C[Si](C)(C)c1cc(Pc2cc([Si](C)(C)C)cc([Si](C)(C)C)c2)cc([Si](C)(C)C)c1. The highest BCUT2D eigenvalue weighted by Crippen LogP contribution is 2.14. The average molecular weight is 475 g/mol. The molecule has 0 aliphatic heterocycles. The molecule has 0 aliphatic rings. The molecule has 0 heterocycles. The van der Waals surface area contributed by atoms with Crippen LogP contribution in [0.5, 0.6) is 0 Å². The highest BCUT2D eigenvalue weighted by atomic mass is 31.1. The molecule has 2 rings (SSSR count). The first kappa shape index (κ1) is 25.0. The topological polar surface area (TPSA) is 0 Å². The summed E-state index contributed by atoms with van der Waals surface area (Å²) in [6.45, 7) is 29.8. The van der Waals surface area contributed by atoms with Crippen molar-refractivity contribution in [3.8, 4) is 0 Å². The summed E-state index contributed by atoms with van der Waals surface area (Å²) < 4.78 is 0. The first-order valence-corrected chi connectivity index (χ1v) is 26.0. The standard InChI is InChI=1S/C24H43PSi4/c1-26(2,3)21-13-19(14-22(17-21)27(4,5)6)25-20-15-23(28(7,8)9)18-24(16-20)29(10,11)12/h13-18,25H,1-12H3. The molecule has 0 aromatic heterocycles. The van der Waals surface area contributed by atoms with E-state index < -0.39 is 32.3 Å². The summed E-state index contributed by atoms with van der Waals surface area (Å²) in [5.74, 6) is 0. The molecule has 0 unspecified atom stereocenters. The van der Waals surface area contributed by atoms with E-state index in [2.05, 4.69) is 115 Å². The Hall–Kier alpha value is -0.262. The molecule has 0 bridgehead atoms. The summed E-state index contributed by atoms with van der Waals surface area (Å²) >= 11 is 0. The second-order valence-corrected chi connectivity index (χ2v) is 34.4. The molecular weight excluding hydrogens is 432 g/mol. The van der Waals surface area contributed by atoms with Gasteiger partial charge in [0, 0.05) is 0 Å². The lowest BCUT2D eigenvalue weighted by molar-refractivity contribution is 1.68. The monoisotopic (exact) mass is 474 g/mol. The number of hydrogen-bond donors (Lipinski definition) is 0. The highest BCUT2D eigenvalue weighted by molar-refractivity contribution is 7.55. The van der Waals surface area contributed by atoms with E-state index in [9.17, 15) is 0 Å². The Morgan fingerprint density at radius 1 is 0.379 bits per heavy atom. The zero-order valence-electron chi connectivity index (χ0n) is 21.0. The van der Waals surface area contributed by atoms with E-state index in [4.69, 9.17) is 0 Å². The second-order valence-electron chi connectivity index (χ2n) is 12.7. The molecule has 0 atom stereocenters. The van der Waals surface area contributed by atoms with Crippen molar-refractivity contribution >= 4 is 72.2 Å². The van der Waals surface area contributed by atoms with Gasteiger partial charge in [-0.3, -0.25) is 0 Å². The normalized spacial score (nSPS) is 13.7. The first-order chi connectivity index (χ1) is 12.9. The Labute approximate surface area is 186 Å². The zero-order valence-corrected chi connectivity index (χ0v) is 26.0. The molecule has 0 radical (unpaired) electrons. The van der Waals surface area contributed by atoms with Gasteiger partial charge in [-0.25, -0.2) is 0 Å². The van der Waals surface area contributed by atoms with E-state index in [1.54, 1.807) is 31.4 Å². The lowest BCUT2D eigenvalue weighted by atomic mass is 10.3. The van der Waals surface area contributed by atoms with Crippen molar-refractivity contribution in [1.29, 1.82) is 0 Å². The Morgan fingerprint density at radius 3 is 0.759 bits per heavy atom. The highest BCUT2D eigenvalue weighted by Gasteiger charge is 2.25. The van der Waals surface area contributed by atoms with E-state index in [-0.39, 0.29) is 0 Å². The third-order valence-corrected chi connectivity index (χ3v) is 14.9. The molecular formula is C24H43PSi4. The lowest BCUT2D eigenvalue weighted by Gasteiger charge is -2.26. The lowest BCUT2D eigenvalue weighted by Crippen LogP contribution is -2.48. The number of rotatable bonds is 6. The van der Waals surface area contributed by atoms with Gasteiger partial charge in [0.2, 0.25) is 0 Å². The minimum atomic E-state index is -1.33. The molecule has 0 spiro atoms. The molecule has 2 aromatic carbocycles. The largest absolute Gasteiger partial charge is 0.0776 e. The van der Waals surface area contributed by atoms with Crippen LogP contribution < -0.4 is 31.4 Å². The maximum Gasteiger partial charge on any atom is 0.0776 e. The molecule has 160 valence electrons. The first-order valence-electron chi connectivity index (χ1n) is 11.0.